The summed E-state index contributed by atoms with van der Waals surface area (Å²) < 4.78 is 18.7. The topological polar surface area (TPSA) is 79.8 Å². The van der Waals surface area contributed by atoms with Gasteiger partial charge in [-0.15, -0.1) is 0 Å². The Balaban J connectivity index is 1.30. The van der Waals surface area contributed by atoms with Gasteiger partial charge in [-0.2, -0.15) is 5.10 Å². The minimum absolute atomic E-state index is 0.0239. The highest BCUT2D eigenvalue weighted by Gasteiger charge is 2.19. The molecule has 4 rings (SSSR count). The third-order valence-corrected chi connectivity index (χ3v) is 5.53. The molecule has 0 aliphatic rings. The van der Waals surface area contributed by atoms with E-state index in [1.165, 1.54) is 18.3 Å². The molecule has 7 heteroatoms. The van der Waals surface area contributed by atoms with Gasteiger partial charge in [0, 0.05) is 5.56 Å². The fourth-order valence-electron chi connectivity index (χ4n) is 3.58. The lowest BCUT2D eigenvalue weighted by Crippen LogP contribution is -2.32. The predicted octanol–water partition coefficient (Wildman–Crippen LogP) is 5.42. The van der Waals surface area contributed by atoms with E-state index in [0.717, 1.165) is 16.7 Å². The van der Waals surface area contributed by atoms with Crippen LogP contribution in [0, 0.1) is 5.82 Å². The molecule has 6 nitrogen and oxygen atoms in total. The summed E-state index contributed by atoms with van der Waals surface area (Å²) >= 11 is 0. The SMILES string of the molecule is O=C(C[C@H](NC(=O)c1ccccc1)c1ccccc1)N/N=C\c1ccc(OCc2ccc(F)cc2)cc1. The maximum atomic E-state index is 13.0. The van der Waals surface area contributed by atoms with E-state index < -0.39 is 6.04 Å². The van der Waals surface area contributed by atoms with Gasteiger partial charge in [0.1, 0.15) is 18.2 Å². The quantitative estimate of drug-likeness (QED) is 0.228. The fourth-order valence-corrected chi connectivity index (χ4v) is 3.58. The van der Waals surface area contributed by atoms with Crippen molar-refractivity contribution in [2.24, 2.45) is 5.10 Å². The van der Waals surface area contributed by atoms with E-state index in [2.05, 4.69) is 15.8 Å². The zero-order valence-corrected chi connectivity index (χ0v) is 20.0. The zero-order chi connectivity index (χ0) is 25.9. The first-order valence-corrected chi connectivity index (χ1v) is 11.8. The molecule has 0 aliphatic heterocycles. The van der Waals surface area contributed by atoms with E-state index in [1.54, 1.807) is 48.5 Å². The summed E-state index contributed by atoms with van der Waals surface area (Å²) in [4.78, 5) is 25.3. The van der Waals surface area contributed by atoms with Crippen molar-refractivity contribution in [3.8, 4) is 5.75 Å². The van der Waals surface area contributed by atoms with Gasteiger partial charge in [0.05, 0.1) is 18.7 Å². The van der Waals surface area contributed by atoms with Crippen molar-refractivity contribution in [1.29, 1.82) is 0 Å². The highest BCUT2D eigenvalue weighted by molar-refractivity contribution is 5.94. The molecule has 2 N–H and O–H groups in total. The molecule has 186 valence electrons. The van der Waals surface area contributed by atoms with Crippen LogP contribution in [0.4, 0.5) is 4.39 Å². The van der Waals surface area contributed by atoms with Crippen molar-refractivity contribution < 1.29 is 18.7 Å². The Bertz CT molecular complexity index is 1330. The van der Waals surface area contributed by atoms with Crippen molar-refractivity contribution >= 4 is 18.0 Å². The second-order valence-corrected chi connectivity index (χ2v) is 8.28. The third kappa shape index (κ3) is 7.86. The summed E-state index contributed by atoms with van der Waals surface area (Å²) in [5.41, 5.74) is 5.50. The van der Waals surface area contributed by atoms with E-state index in [0.29, 0.717) is 17.9 Å². The number of rotatable bonds is 10. The average molecular weight is 496 g/mol. The largest absolute Gasteiger partial charge is 0.489 e. The number of nitrogens with one attached hydrogen (secondary N) is 2. The van der Waals surface area contributed by atoms with Gasteiger partial charge in [0.25, 0.3) is 5.91 Å². The molecule has 0 unspecified atom stereocenters. The molecule has 4 aromatic rings. The van der Waals surface area contributed by atoms with Gasteiger partial charge >= 0.3 is 0 Å². The average Bonchev–Trinajstić information content (AvgIpc) is 2.94. The van der Waals surface area contributed by atoms with Crippen molar-refractivity contribution in [3.05, 3.63) is 137 Å². The van der Waals surface area contributed by atoms with Gasteiger partial charge in [0.2, 0.25) is 5.91 Å². The van der Waals surface area contributed by atoms with Crippen LogP contribution in [0.25, 0.3) is 0 Å². The maximum absolute atomic E-state index is 13.0. The smallest absolute Gasteiger partial charge is 0.251 e. The highest BCUT2D eigenvalue weighted by atomic mass is 19.1. The van der Waals surface area contributed by atoms with Gasteiger partial charge in [-0.05, 0) is 65.2 Å². The summed E-state index contributed by atoms with van der Waals surface area (Å²) in [6.45, 7) is 0.327. The normalized spacial score (nSPS) is 11.6. The molecule has 0 saturated heterocycles. The second-order valence-electron chi connectivity index (χ2n) is 8.28. The Morgan fingerprint density at radius 1 is 0.838 bits per heavy atom. The summed E-state index contributed by atoms with van der Waals surface area (Å²) in [6, 6.07) is 31.0. The Hall–Kier alpha value is -4.78. The van der Waals surface area contributed by atoms with Gasteiger partial charge in [-0.1, -0.05) is 60.7 Å². The first kappa shape index (κ1) is 25.3. The predicted molar refractivity (Wildman–Crippen MR) is 141 cm³/mol. The van der Waals surface area contributed by atoms with Crippen molar-refractivity contribution in [2.45, 2.75) is 19.1 Å². The summed E-state index contributed by atoms with van der Waals surface area (Å²) in [5, 5.41) is 6.98. The van der Waals surface area contributed by atoms with E-state index in [1.807, 2.05) is 48.5 Å². The van der Waals surface area contributed by atoms with Crippen LogP contribution in [0.3, 0.4) is 0 Å². The number of carbonyl (C=O) groups excluding carboxylic acids is 2. The zero-order valence-electron chi connectivity index (χ0n) is 20.0. The molecule has 2 amide bonds. The molecule has 0 aliphatic carbocycles. The van der Waals surface area contributed by atoms with Gasteiger partial charge in [0.15, 0.2) is 0 Å². The molecular weight excluding hydrogens is 469 g/mol. The Kier molecular flexibility index (Phi) is 8.75. The van der Waals surface area contributed by atoms with Crippen LogP contribution in [0.2, 0.25) is 0 Å². The van der Waals surface area contributed by atoms with Crippen molar-refractivity contribution in [1.82, 2.24) is 10.7 Å². The fraction of sp³-hybridized carbons (Fsp3) is 0.100. The molecule has 0 radical (unpaired) electrons. The maximum Gasteiger partial charge on any atom is 0.251 e. The van der Waals surface area contributed by atoms with Crippen LogP contribution in [0.5, 0.6) is 5.75 Å². The van der Waals surface area contributed by atoms with Crippen LogP contribution in [-0.2, 0) is 11.4 Å². The Morgan fingerprint density at radius 2 is 1.49 bits per heavy atom. The van der Waals surface area contributed by atoms with Crippen LogP contribution in [0.15, 0.2) is 114 Å². The lowest BCUT2D eigenvalue weighted by molar-refractivity contribution is -0.121. The molecular formula is C30H26FN3O3. The van der Waals surface area contributed by atoms with E-state index in [4.69, 9.17) is 4.74 Å². The van der Waals surface area contributed by atoms with Crippen LogP contribution >= 0.6 is 0 Å². The minimum atomic E-state index is -0.512. The first-order chi connectivity index (χ1) is 18.1. The number of nitrogens with zero attached hydrogens (tertiary/aromatic N) is 1. The van der Waals surface area contributed by atoms with Crippen LogP contribution < -0.4 is 15.5 Å². The van der Waals surface area contributed by atoms with Crippen LogP contribution in [0.1, 0.15) is 39.5 Å². The summed E-state index contributed by atoms with van der Waals surface area (Å²) in [5.74, 6) is -0.220. The molecule has 4 aromatic carbocycles. The van der Waals surface area contributed by atoms with Crippen molar-refractivity contribution in [3.63, 3.8) is 0 Å². The number of benzene rings is 4. The lowest BCUT2D eigenvalue weighted by Gasteiger charge is -2.18. The number of hydrogen-bond acceptors (Lipinski definition) is 4. The molecule has 0 saturated carbocycles. The van der Waals surface area contributed by atoms with Gasteiger partial charge < -0.3 is 10.1 Å². The number of halogens is 1. The van der Waals surface area contributed by atoms with Gasteiger partial charge in [-0.3, -0.25) is 9.59 Å². The molecule has 0 spiro atoms. The number of ether oxygens (including phenoxy) is 1. The minimum Gasteiger partial charge on any atom is -0.489 e. The van der Waals surface area contributed by atoms with E-state index in [9.17, 15) is 14.0 Å². The standard InChI is InChI=1S/C30H26FN3O3/c31-26-15-11-23(12-16-26)21-37-27-17-13-22(14-18-27)20-32-34-29(35)19-28(24-7-3-1-4-8-24)33-30(36)25-9-5-2-6-10-25/h1-18,20,28H,19,21H2,(H,33,36)(H,34,35)/b32-20-/t28-/m0/s1. The molecule has 0 fully saturated rings. The molecule has 0 heterocycles. The Labute approximate surface area is 214 Å². The number of hydrazone groups is 1. The first-order valence-electron chi connectivity index (χ1n) is 11.8. The van der Waals surface area contributed by atoms with Crippen molar-refractivity contribution in [2.75, 3.05) is 0 Å². The summed E-state index contributed by atoms with van der Waals surface area (Å²) in [6.07, 6.45) is 1.55. The summed E-state index contributed by atoms with van der Waals surface area (Å²) in [7, 11) is 0. The molecule has 0 bridgehead atoms. The van der Waals surface area contributed by atoms with Crippen LogP contribution in [-0.4, -0.2) is 18.0 Å². The molecule has 1 atom stereocenters. The highest BCUT2D eigenvalue weighted by Crippen LogP contribution is 2.18. The number of hydrogen-bond donors (Lipinski definition) is 2. The number of carbonyl (C=O) groups is 2. The molecule has 37 heavy (non-hydrogen) atoms. The second kappa shape index (κ2) is 12.8. The Morgan fingerprint density at radius 3 is 2.16 bits per heavy atom. The third-order valence-electron chi connectivity index (χ3n) is 5.53. The molecule has 0 aromatic heterocycles. The lowest BCUT2D eigenvalue weighted by atomic mass is 10.0. The number of amides is 2. The van der Waals surface area contributed by atoms with E-state index >= 15 is 0 Å². The monoisotopic (exact) mass is 495 g/mol. The van der Waals surface area contributed by atoms with Gasteiger partial charge in [-0.25, -0.2) is 9.82 Å². The van der Waals surface area contributed by atoms with E-state index in [-0.39, 0.29) is 24.1 Å².